The smallest absolute Gasteiger partial charge is 0.374 e. The topological polar surface area (TPSA) is 63.3 Å². The van der Waals surface area contributed by atoms with E-state index in [2.05, 4.69) is 25.6 Å². The van der Waals surface area contributed by atoms with Crippen molar-refractivity contribution in [3.05, 3.63) is 40.3 Å². The van der Waals surface area contributed by atoms with Crippen LogP contribution in [0.5, 0.6) is 0 Å². The molecule has 1 heterocycles. The van der Waals surface area contributed by atoms with Crippen LogP contribution >= 0.6 is 15.9 Å². The minimum Gasteiger partial charge on any atom is -0.475 e. The third-order valence-corrected chi connectivity index (χ3v) is 2.56. The van der Waals surface area contributed by atoms with Crippen molar-refractivity contribution >= 4 is 21.9 Å². The van der Waals surface area contributed by atoms with E-state index in [4.69, 9.17) is 5.11 Å². The fourth-order valence-electron chi connectivity index (χ4n) is 1.20. The average Bonchev–Trinajstić information content (AvgIpc) is 2.71. The Hall–Kier alpha value is -1.69. The summed E-state index contributed by atoms with van der Waals surface area (Å²) in [6, 6.07) is 5.82. The van der Waals surface area contributed by atoms with Crippen molar-refractivity contribution in [3.63, 3.8) is 0 Å². The lowest BCUT2D eigenvalue weighted by Gasteiger charge is -1.99. The van der Waals surface area contributed by atoms with Crippen LogP contribution in [0.15, 0.2) is 33.3 Å². The molecule has 0 amide bonds. The first kappa shape index (κ1) is 10.8. The Labute approximate surface area is 97.8 Å². The summed E-state index contributed by atoms with van der Waals surface area (Å²) in [5, 5.41) is 12.1. The first-order valence-electron chi connectivity index (χ1n) is 4.24. The standard InChI is InChI=1S/C10H5BrFNO3/c11-6-3-1-2-5(9(6)12)7-4-8(10(14)15)16-13-7/h1-4H,(H,14,15). The Balaban J connectivity index is 2.50. The van der Waals surface area contributed by atoms with Gasteiger partial charge in [-0.2, -0.15) is 0 Å². The van der Waals surface area contributed by atoms with Crippen LogP contribution in [0.4, 0.5) is 4.39 Å². The third-order valence-electron chi connectivity index (χ3n) is 1.95. The van der Waals surface area contributed by atoms with Gasteiger partial charge < -0.3 is 9.63 Å². The summed E-state index contributed by atoms with van der Waals surface area (Å²) in [5.74, 6) is -2.07. The van der Waals surface area contributed by atoms with Gasteiger partial charge >= 0.3 is 5.97 Å². The second-order valence-electron chi connectivity index (χ2n) is 2.98. The van der Waals surface area contributed by atoms with E-state index < -0.39 is 11.8 Å². The number of benzene rings is 1. The van der Waals surface area contributed by atoms with Gasteiger partial charge in [0.15, 0.2) is 0 Å². The van der Waals surface area contributed by atoms with E-state index in [1.54, 1.807) is 6.07 Å². The zero-order valence-electron chi connectivity index (χ0n) is 7.78. The largest absolute Gasteiger partial charge is 0.475 e. The number of carbonyl (C=O) groups is 1. The second-order valence-corrected chi connectivity index (χ2v) is 3.84. The monoisotopic (exact) mass is 285 g/mol. The number of aromatic nitrogens is 1. The molecule has 0 spiro atoms. The molecule has 16 heavy (non-hydrogen) atoms. The fourth-order valence-corrected chi connectivity index (χ4v) is 1.57. The second kappa shape index (κ2) is 4.05. The summed E-state index contributed by atoms with van der Waals surface area (Å²) in [4.78, 5) is 10.6. The molecule has 0 bridgehead atoms. The predicted octanol–water partition coefficient (Wildman–Crippen LogP) is 2.94. The molecule has 0 unspecified atom stereocenters. The summed E-state index contributed by atoms with van der Waals surface area (Å²) >= 11 is 3.03. The van der Waals surface area contributed by atoms with Gasteiger partial charge in [0, 0.05) is 11.6 Å². The van der Waals surface area contributed by atoms with Gasteiger partial charge in [-0.15, -0.1) is 0 Å². The Morgan fingerprint density at radius 1 is 1.50 bits per heavy atom. The molecule has 6 heteroatoms. The van der Waals surface area contributed by atoms with Crippen molar-refractivity contribution in [3.8, 4) is 11.3 Å². The Bertz CT molecular complexity index is 553. The van der Waals surface area contributed by atoms with Crippen LogP contribution in [0.2, 0.25) is 0 Å². The predicted molar refractivity (Wildman–Crippen MR) is 56.6 cm³/mol. The molecule has 0 aliphatic carbocycles. The van der Waals surface area contributed by atoms with Crippen molar-refractivity contribution in [2.45, 2.75) is 0 Å². The molecule has 4 nitrogen and oxygen atoms in total. The molecule has 1 N–H and O–H groups in total. The fraction of sp³-hybridized carbons (Fsp3) is 0. The van der Waals surface area contributed by atoms with Crippen LogP contribution in [0, 0.1) is 5.82 Å². The molecule has 0 atom stereocenters. The third kappa shape index (κ3) is 1.83. The summed E-state index contributed by atoms with van der Waals surface area (Å²) in [6.07, 6.45) is 0. The maximum absolute atomic E-state index is 13.6. The number of hydrogen-bond donors (Lipinski definition) is 1. The lowest BCUT2D eigenvalue weighted by atomic mass is 10.1. The Morgan fingerprint density at radius 2 is 2.25 bits per heavy atom. The number of halogens is 2. The average molecular weight is 286 g/mol. The molecule has 0 aliphatic heterocycles. The van der Waals surface area contributed by atoms with Gasteiger partial charge in [-0.25, -0.2) is 9.18 Å². The van der Waals surface area contributed by atoms with Gasteiger partial charge in [0.05, 0.1) is 4.47 Å². The minimum absolute atomic E-state index is 0.149. The van der Waals surface area contributed by atoms with Crippen LogP contribution in [0.3, 0.4) is 0 Å². The summed E-state index contributed by atoms with van der Waals surface area (Å²) in [7, 11) is 0. The van der Waals surface area contributed by atoms with Crippen molar-refractivity contribution in [1.29, 1.82) is 0 Å². The van der Waals surface area contributed by atoms with E-state index in [9.17, 15) is 9.18 Å². The zero-order chi connectivity index (χ0) is 11.7. The van der Waals surface area contributed by atoms with Crippen LogP contribution < -0.4 is 0 Å². The Kier molecular flexibility index (Phi) is 2.74. The van der Waals surface area contributed by atoms with Crippen LogP contribution in [-0.2, 0) is 0 Å². The molecular formula is C10H5BrFNO3. The highest BCUT2D eigenvalue weighted by molar-refractivity contribution is 9.10. The molecular weight excluding hydrogens is 281 g/mol. The number of nitrogens with zero attached hydrogens (tertiary/aromatic N) is 1. The molecule has 0 radical (unpaired) electrons. The minimum atomic E-state index is -1.24. The van der Waals surface area contributed by atoms with Crippen molar-refractivity contribution in [2.24, 2.45) is 0 Å². The molecule has 0 aliphatic rings. The van der Waals surface area contributed by atoms with E-state index >= 15 is 0 Å². The summed E-state index contributed by atoms with van der Waals surface area (Å²) < 4.78 is 18.4. The van der Waals surface area contributed by atoms with Gasteiger partial charge in [0.2, 0.25) is 5.76 Å². The van der Waals surface area contributed by atoms with Crippen LogP contribution in [0.1, 0.15) is 10.6 Å². The van der Waals surface area contributed by atoms with Crippen LogP contribution in [-0.4, -0.2) is 16.2 Å². The maximum atomic E-state index is 13.6. The molecule has 2 rings (SSSR count). The van der Waals surface area contributed by atoms with E-state index in [1.165, 1.54) is 18.2 Å². The number of rotatable bonds is 2. The van der Waals surface area contributed by atoms with Gasteiger partial charge in [0.25, 0.3) is 0 Å². The lowest BCUT2D eigenvalue weighted by Crippen LogP contribution is -1.91. The highest BCUT2D eigenvalue weighted by atomic mass is 79.9. The van der Waals surface area contributed by atoms with Crippen molar-refractivity contribution < 1.29 is 18.8 Å². The molecule has 0 fully saturated rings. The number of carboxylic acid groups (broad SMARTS) is 1. The highest BCUT2D eigenvalue weighted by Crippen LogP contribution is 2.27. The van der Waals surface area contributed by atoms with Crippen molar-refractivity contribution in [1.82, 2.24) is 5.16 Å². The summed E-state index contributed by atoms with van der Waals surface area (Å²) in [5.41, 5.74) is 0.335. The number of hydrogen-bond acceptors (Lipinski definition) is 3. The van der Waals surface area contributed by atoms with Gasteiger partial charge in [-0.1, -0.05) is 11.2 Å². The van der Waals surface area contributed by atoms with Gasteiger partial charge in [-0.3, -0.25) is 0 Å². The van der Waals surface area contributed by atoms with E-state index in [0.717, 1.165) is 0 Å². The maximum Gasteiger partial charge on any atom is 0.374 e. The van der Waals surface area contributed by atoms with E-state index in [1.807, 2.05) is 0 Å². The Morgan fingerprint density at radius 3 is 2.88 bits per heavy atom. The quantitative estimate of drug-likeness (QED) is 0.921. The molecule has 1 aromatic carbocycles. The first-order chi connectivity index (χ1) is 7.59. The molecule has 1 aromatic heterocycles. The van der Waals surface area contributed by atoms with Gasteiger partial charge in [-0.05, 0) is 28.1 Å². The molecule has 0 saturated carbocycles. The number of aromatic carboxylic acids is 1. The summed E-state index contributed by atoms with van der Waals surface area (Å²) in [6.45, 7) is 0. The van der Waals surface area contributed by atoms with E-state index in [-0.39, 0.29) is 21.5 Å². The van der Waals surface area contributed by atoms with E-state index in [0.29, 0.717) is 0 Å². The zero-order valence-corrected chi connectivity index (χ0v) is 9.36. The van der Waals surface area contributed by atoms with Crippen LogP contribution in [0.25, 0.3) is 11.3 Å². The molecule has 2 aromatic rings. The SMILES string of the molecule is O=C(O)c1cc(-c2cccc(Br)c2F)no1. The molecule has 82 valence electrons. The first-order valence-corrected chi connectivity index (χ1v) is 5.03. The normalized spacial score (nSPS) is 10.4. The highest BCUT2D eigenvalue weighted by Gasteiger charge is 2.15. The van der Waals surface area contributed by atoms with Gasteiger partial charge in [0.1, 0.15) is 11.5 Å². The number of carboxylic acids is 1. The molecule has 0 saturated heterocycles. The lowest BCUT2D eigenvalue weighted by molar-refractivity contribution is 0.0652. The van der Waals surface area contributed by atoms with Crippen molar-refractivity contribution in [2.75, 3.05) is 0 Å².